The van der Waals surface area contributed by atoms with Crippen LogP contribution in [0.4, 0.5) is 0 Å². The molecule has 104 valence electrons. The van der Waals surface area contributed by atoms with Gasteiger partial charge in [0, 0.05) is 5.41 Å². The first-order valence-electron chi connectivity index (χ1n) is 6.89. The molecule has 1 fully saturated rings. The first kappa shape index (κ1) is 14.0. The Morgan fingerprint density at radius 3 is 2.44 bits per heavy atom. The van der Waals surface area contributed by atoms with E-state index in [0.29, 0.717) is 0 Å². The molecule has 0 saturated heterocycles. The van der Waals surface area contributed by atoms with Crippen LogP contribution in [-0.2, 0) is 0 Å². The molecule has 0 aromatic rings. The summed E-state index contributed by atoms with van der Waals surface area (Å²) in [7, 11) is 0. The monoisotopic (exact) mass is 254 g/mol. The summed E-state index contributed by atoms with van der Waals surface area (Å²) >= 11 is 0. The van der Waals surface area contributed by atoms with E-state index in [1.807, 2.05) is 20.8 Å². The third kappa shape index (κ3) is 2.13. The van der Waals surface area contributed by atoms with Crippen LogP contribution < -0.4 is 0 Å². The van der Waals surface area contributed by atoms with Crippen LogP contribution in [0.25, 0.3) is 0 Å². The zero-order valence-electron chi connectivity index (χ0n) is 11.8. The van der Waals surface area contributed by atoms with Crippen molar-refractivity contribution in [2.24, 2.45) is 17.3 Å². The Hall–Kier alpha value is -0.380. The topological polar surface area (TPSA) is 60.7 Å². The predicted octanol–water partition coefficient (Wildman–Crippen LogP) is 1.86. The zero-order chi connectivity index (χ0) is 13.8. The Bertz CT molecular complexity index is 353. The first-order chi connectivity index (χ1) is 8.07. The molecule has 1 saturated carbocycles. The molecule has 0 bridgehead atoms. The average Bonchev–Trinajstić information content (AvgIpc) is 2.23. The third-order valence-electron chi connectivity index (χ3n) is 5.34. The van der Waals surface area contributed by atoms with Crippen LogP contribution in [-0.4, -0.2) is 32.6 Å². The summed E-state index contributed by atoms with van der Waals surface area (Å²) in [5.74, 6) is 0.177. The van der Waals surface area contributed by atoms with E-state index in [-0.39, 0.29) is 17.3 Å². The lowest BCUT2D eigenvalue weighted by molar-refractivity contribution is -0.135. The summed E-state index contributed by atoms with van der Waals surface area (Å²) in [6, 6.07) is 0. The van der Waals surface area contributed by atoms with Crippen molar-refractivity contribution in [3.05, 3.63) is 12.2 Å². The summed E-state index contributed by atoms with van der Waals surface area (Å²) in [6.45, 7) is 7.54. The molecule has 0 spiro atoms. The molecule has 2 aliphatic rings. The van der Waals surface area contributed by atoms with Crippen LogP contribution in [0.15, 0.2) is 12.2 Å². The Labute approximate surface area is 110 Å². The van der Waals surface area contributed by atoms with E-state index in [2.05, 4.69) is 6.92 Å². The smallest absolute Gasteiger partial charge is 0.0835 e. The quantitative estimate of drug-likeness (QED) is 0.626. The summed E-state index contributed by atoms with van der Waals surface area (Å²) in [6.07, 6.45) is 5.45. The second-order valence-corrected chi connectivity index (χ2v) is 7.21. The molecule has 0 aromatic carbocycles. The van der Waals surface area contributed by atoms with Gasteiger partial charge < -0.3 is 15.3 Å². The normalized spacial score (nSPS) is 48.9. The van der Waals surface area contributed by atoms with Gasteiger partial charge in [-0.15, -0.1) is 0 Å². The predicted molar refractivity (Wildman–Crippen MR) is 71.0 cm³/mol. The minimum Gasteiger partial charge on any atom is -0.390 e. The second kappa shape index (κ2) is 4.06. The average molecular weight is 254 g/mol. The fraction of sp³-hybridized carbons (Fsp3) is 0.867. The number of rotatable bonds is 1. The molecule has 0 aliphatic heterocycles. The van der Waals surface area contributed by atoms with Crippen molar-refractivity contribution in [1.82, 2.24) is 0 Å². The van der Waals surface area contributed by atoms with Gasteiger partial charge in [-0.25, -0.2) is 0 Å². The SMILES string of the molecule is CC(C)(O)[C@@H]1CC[C@@]2(C)[C@H](O)C=C[C@@](C)(O)[C@@H]2C1. The van der Waals surface area contributed by atoms with E-state index in [0.717, 1.165) is 19.3 Å². The van der Waals surface area contributed by atoms with Gasteiger partial charge in [-0.1, -0.05) is 19.1 Å². The van der Waals surface area contributed by atoms with Crippen LogP contribution in [0.5, 0.6) is 0 Å². The highest BCUT2D eigenvalue weighted by atomic mass is 16.3. The van der Waals surface area contributed by atoms with E-state index in [1.54, 1.807) is 12.2 Å². The van der Waals surface area contributed by atoms with Crippen molar-refractivity contribution in [3.63, 3.8) is 0 Å². The van der Waals surface area contributed by atoms with Gasteiger partial charge in [0.25, 0.3) is 0 Å². The van der Waals surface area contributed by atoms with Gasteiger partial charge in [-0.2, -0.15) is 0 Å². The maximum Gasteiger partial charge on any atom is 0.0835 e. The summed E-state index contributed by atoms with van der Waals surface area (Å²) < 4.78 is 0. The molecule has 0 radical (unpaired) electrons. The molecule has 3 heteroatoms. The molecule has 3 nitrogen and oxygen atoms in total. The lowest BCUT2D eigenvalue weighted by Gasteiger charge is -2.55. The van der Waals surface area contributed by atoms with Crippen LogP contribution in [0, 0.1) is 17.3 Å². The highest BCUT2D eigenvalue weighted by molar-refractivity contribution is 5.19. The van der Waals surface area contributed by atoms with Crippen molar-refractivity contribution >= 4 is 0 Å². The maximum atomic E-state index is 10.6. The molecule has 0 unspecified atom stereocenters. The number of fused-ring (bicyclic) bond motifs is 1. The van der Waals surface area contributed by atoms with Gasteiger partial charge in [0.2, 0.25) is 0 Å². The zero-order valence-corrected chi connectivity index (χ0v) is 11.8. The standard InChI is InChI=1S/C15H26O3/c1-13(2,17)10-5-7-14(3)11(9-10)15(4,18)8-6-12(14)16/h6,8,10-12,16-18H,5,7,9H2,1-4H3/t10-,11-,12-,14-,15-/m1/s1. The summed E-state index contributed by atoms with van der Waals surface area (Å²) in [5, 5.41) is 31.0. The van der Waals surface area contributed by atoms with Gasteiger partial charge >= 0.3 is 0 Å². The molecular weight excluding hydrogens is 228 g/mol. The van der Waals surface area contributed by atoms with Gasteiger partial charge in [0.15, 0.2) is 0 Å². The lowest BCUT2D eigenvalue weighted by Crippen LogP contribution is -2.56. The molecule has 5 atom stereocenters. The fourth-order valence-corrected chi connectivity index (χ4v) is 3.85. The third-order valence-corrected chi connectivity index (χ3v) is 5.34. The molecule has 2 aliphatic carbocycles. The molecule has 18 heavy (non-hydrogen) atoms. The van der Waals surface area contributed by atoms with Crippen molar-refractivity contribution in [2.45, 2.75) is 64.3 Å². The largest absolute Gasteiger partial charge is 0.390 e. The van der Waals surface area contributed by atoms with E-state index in [9.17, 15) is 15.3 Å². The van der Waals surface area contributed by atoms with Gasteiger partial charge in [-0.3, -0.25) is 0 Å². The van der Waals surface area contributed by atoms with Crippen LogP contribution in [0.2, 0.25) is 0 Å². The number of hydrogen-bond donors (Lipinski definition) is 3. The van der Waals surface area contributed by atoms with Gasteiger partial charge in [0.1, 0.15) is 0 Å². The summed E-state index contributed by atoms with van der Waals surface area (Å²) in [5.41, 5.74) is -1.89. The van der Waals surface area contributed by atoms with Gasteiger partial charge in [-0.05, 0) is 51.9 Å². The molecule has 3 N–H and O–H groups in total. The van der Waals surface area contributed by atoms with E-state index < -0.39 is 17.3 Å². The van der Waals surface area contributed by atoms with Crippen LogP contribution in [0.3, 0.4) is 0 Å². The molecular formula is C15H26O3. The van der Waals surface area contributed by atoms with E-state index >= 15 is 0 Å². The Balaban J connectivity index is 2.31. The second-order valence-electron chi connectivity index (χ2n) is 7.21. The Morgan fingerprint density at radius 2 is 1.89 bits per heavy atom. The highest BCUT2D eigenvalue weighted by Gasteiger charge is 2.54. The fourth-order valence-electron chi connectivity index (χ4n) is 3.85. The number of hydrogen-bond acceptors (Lipinski definition) is 3. The molecule has 0 amide bonds. The molecule has 0 aromatic heterocycles. The van der Waals surface area contributed by atoms with Gasteiger partial charge in [0.05, 0.1) is 17.3 Å². The molecule has 0 heterocycles. The van der Waals surface area contributed by atoms with E-state index in [4.69, 9.17) is 0 Å². The Morgan fingerprint density at radius 1 is 1.28 bits per heavy atom. The Kier molecular flexibility index (Phi) is 3.16. The summed E-state index contributed by atoms with van der Waals surface area (Å²) in [4.78, 5) is 0. The van der Waals surface area contributed by atoms with Crippen molar-refractivity contribution < 1.29 is 15.3 Å². The van der Waals surface area contributed by atoms with Crippen LogP contribution in [0.1, 0.15) is 47.0 Å². The van der Waals surface area contributed by atoms with Crippen molar-refractivity contribution in [3.8, 4) is 0 Å². The maximum absolute atomic E-state index is 10.6. The van der Waals surface area contributed by atoms with Crippen LogP contribution >= 0.6 is 0 Å². The lowest BCUT2D eigenvalue weighted by atomic mass is 9.53. The van der Waals surface area contributed by atoms with E-state index in [1.165, 1.54) is 0 Å². The minimum atomic E-state index is -0.891. The van der Waals surface area contributed by atoms with Crippen molar-refractivity contribution in [1.29, 1.82) is 0 Å². The minimum absolute atomic E-state index is 0.00447. The molecule has 2 rings (SSSR count). The first-order valence-corrected chi connectivity index (χ1v) is 6.89. The highest BCUT2D eigenvalue weighted by Crippen LogP contribution is 2.54. The number of aliphatic hydroxyl groups is 3. The van der Waals surface area contributed by atoms with Crippen molar-refractivity contribution in [2.75, 3.05) is 0 Å². The number of aliphatic hydroxyl groups excluding tert-OH is 1.